The van der Waals surface area contributed by atoms with Crippen LogP contribution in [-0.4, -0.2) is 16.7 Å². The Morgan fingerprint density at radius 3 is 2.68 bits per heavy atom. The lowest BCUT2D eigenvalue weighted by Gasteiger charge is -2.00. The number of hydrogen-bond acceptors (Lipinski definition) is 4. The monoisotopic (exact) mass is 294 g/mol. The zero-order chi connectivity index (χ0) is 15.5. The lowest BCUT2D eigenvalue weighted by atomic mass is 10.1. The number of para-hydroxylation sites is 1. The van der Waals surface area contributed by atoms with E-state index in [1.807, 2.05) is 30.3 Å². The molecule has 0 bridgehead atoms. The molecule has 0 saturated heterocycles. The Balaban J connectivity index is 1.97. The van der Waals surface area contributed by atoms with E-state index >= 15 is 0 Å². The average Bonchev–Trinajstić information content (AvgIpc) is 3.09. The van der Waals surface area contributed by atoms with E-state index in [0.29, 0.717) is 17.2 Å². The number of benzene rings is 1. The van der Waals surface area contributed by atoms with E-state index in [4.69, 9.17) is 4.42 Å². The topological polar surface area (TPSA) is 74.8 Å². The van der Waals surface area contributed by atoms with Crippen molar-refractivity contribution in [3.63, 3.8) is 0 Å². The summed E-state index contributed by atoms with van der Waals surface area (Å²) in [5.74, 6) is 0.0341. The summed E-state index contributed by atoms with van der Waals surface area (Å²) in [4.78, 5) is 16.4. The second-order valence-corrected chi connectivity index (χ2v) is 4.78. The molecule has 0 saturated carbocycles. The van der Waals surface area contributed by atoms with Crippen LogP contribution in [-0.2, 0) is 4.79 Å². The second kappa shape index (κ2) is 5.73. The van der Waals surface area contributed by atoms with Crippen LogP contribution in [0.1, 0.15) is 12.7 Å². The largest absolute Gasteiger partial charge is 0.505 e. The normalized spacial score (nSPS) is 17.2. The van der Waals surface area contributed by atoms with Crippen molar-refractivity contribution in [2.75, 3.05) is 0 Å². The molecular weight excluding hydrogens is 280 g/mol. The van der Waals surface area contributed by atoms with Gasteiger partial charge in [0.25, 0.3) is 5.91 Å². The number of amides is 1. The number of carbonyl (C=O) groups is 1. The Hall–Kier alpha value is -3.08. The fraction of sp³-hybridized carbons (Fsp3) is 0.0588. The molecule has 0 aliphatic carbocycles. The van der Waals surface area contributed by atoms with E-state index in [1.54, 1.807) is 25.1 Å². The maximum Gasteiger partial charge on any atom is 0.261 e. The number of carbonyl (C=O) groups excluding carboxylic acids is 1. The standard InChI is InChI=1S/C17H14N2O3/c1-11(18-12-6-3-2-4-7-12)15-16(20)14(19-17(15)21)10-13-8-5-9-22-13/h2-10,20H,1H3,(H,19,21)/b14-10+,18-11?. The van der Waals surface area contributed by atoms with Crippen molar-refractivity contribution < 1.29 is 14.3 Å². The van der Waals surface area contributed by atoms with E-state index in [0.717, 1.165) is 5.69 Å². The van der Waals surface area contributed by atoms with Crippen LogP contribution in [0.3, 0.4) is 0 Å². The van der Waals surface area contributed by atoms with Crippen molar-refractivity contribution >= 4 is 23.4 Å². The van der Waals surface area contributed by atoms with Crippen LogP contribution >= 0.6 is 0 Å². The summed E-state index contributed by atoms with van der Waals surface area (Å²) < 4.78 is 5.18. The number of aliphatic hydroxyl groups excluding tert-OH is 1. The first-order valence-corrected chi connectivity index (χ1v) is 6.76. The molecule has 3 rings (SSSR count). The fourth-order valence-corrected chi connectivity index (χ4v) is 2.19. The molecule has 1 aliphatic heterocycles. The lowest BCUT2D eigenvalue weighted by molar-refractivity contribution is -0.115. The Labute approximate surface area is 127 Å². The summed E-state index contributed by atoms with van der Waals surface area (Å²) >= 11 is 0. The van der Waals surface area contributed by atoms with Gasteiger partial charge < -0.3 is 14.8 Å². The third-order valence-electron chi connectivity index (χ3n) is 3.21. The highest BCUT2D eigenvalue weighted by Crippen LogP contribution is 2.23. The van der Waals surface area contributed by atoms with Crippen LogP contribution in [0, 0.1) is 0 Å². The molecule has 110 valence electrons. The third kappa shape index (κ3) is 2.69. The van der Waals surface area contributed by atoms with Crippen molar-refractivity contribution in [3.8, 4) is 0 Å². The van der Waals surface area contributed by atoms with Crippen molar-refractivity contribution in [3.05, 3.63) is 71.5 Å². The Kier molecular flexibility index (Phi) is 3.62. The SMILES string of the molecule is CC(=Nc1ccccc1)C1=C(O)/C(=C\c2ccco2)NC1=O. The predicted molar refractivity (Wildman–Crippen MR) is 83.7 cm³/mol. The average molecular weight is 294 g/mol. The summed E-state index contributed by atoms with van der Waals surface area (Å²) in [7, 11) is 0. The molecule has 1 aromatic heterocycles. The first-order valence-electron chi connectivity index (χ1n) is 6.76. The van der Waals surface area contributed by atoms with E-state index in [-0.39, 0.29) is 17.2 Å². The first-order chi connectivity index (χ1) is 10.6. The zero-order valence-corrected chi connectivity index (χ0v) is 11.9. The minimum atomic E-state index is -0.382. The van der Waals surface area contributed by atoms with Crippen LogP contribution < -0.4 is 5.32 Å². The Bertz CT molecular complexity index is 785. The molecule has 2 heterocycles. The van der Waals surface area contributed by atoms with Gasteiger partial charge in [-0.15, -0.1) is 0 Å². The molecule has 1 amide bonds. The summed E-state index contributed by atoms with van der Waals surface area (Å²) in [6, 6.07) is 12.7. The molecule has 5 nitrogen and oxygen atoms in total. The number of aliphatic hydroxyl groups is 1. The number of rotatable bonds is 3. The molecule has 1 aliphatic rings. The minimum Gasteiger partial charge on any atom is -0.505 e. The highest BCUT2D eigenvalue weighted by molar-refractivity contribution is 6.24. The van der Waals surface area contributed by atoms with Gasteiger partial charge >= 0.3 is 0 Å². The number of nitrogens with one attached hydrogen (secondary N) is 1. The van der Waals surface area contributed by atoms with Gasteiger partial charge in [0, 0.05) is 6.08 Å². The summed E-state index contributed by atoms with van der Waals surface area (Å²) in [6.45, 7) is 1.69. The fourth-order valence-electron chi connectivity index (χ4n) is 2.19. The van der Waals surface area contributed by atoms with Gasteiger partial charge in [-0.05, 0) is 31.2 Å². The maximum atomic E-state index is 12.1. The third-order valence-corrected chi connectivity index (χ3v) is 3.21. The van der Waals surface area contributed by atoms with Gasteiger partial charge in [-0.1, -0.05) is 18.2 Å². The minimum absolute atomic E-state index is 0.126. The van der Waals surface area contributed by atoms with Crippen LogP contribution in [0.4, 0.5) is 5.69 Å². The molecule has 22 heavy (non-hydrogen) atoms. The molecule has 0 spiro atoms. The van der Waals surface area contributed by atoms with Crippen LogP contribution in [0.25, 0.3) is 6.08 Å². The lowest BCUT2D eigenvalue weighted by Crippen LogP contribution is -2.19. The summed E-state index contributed by atoms with van der Waals surface area (Å²) in [5, 5.41) is 12.9. The second-order valence-electron chi connectivity index (χ2n) is 4.78. The smallest absolute Gasteiger partial charge is 0.261 e. The first kappa shape index (κ1) is 13.9. The highest BCUT2D eigenvalue weighted by atomic mass is 16.3. The van der Waals surface area contributed by atoms with Gasteiger partial charge in [-0.3, -0.25) is 9.79 Å². The van der Waals surface area contributed by atoms with Crippen LogP contribution in [0.15, 0.2) is 75.2 Å². The zero-order valence-electron chi connectivity index (χ0n) is 11.9. The van der Waals surface area contributed by atoms with Crippen LogP contribution in [0.5, 0.6) is 0 Å². The quantitative estimate of drug-likeness (QED) is 0.852. The molecule has 1 aromatic carbocycles. The van der Waals surface area contributed by atoms with Crippen molar-refractivity contribution in [1.29, 1.82) is 0 Å². The molecule has 0 fully saturated rings. The molecule has 0 radical (unpaired) electrons. The van der Waals surface area contributed by atoms with Crippen molar-refractivity contribution in [2.45, 2.75) is 6.92 Å². The number of aliphatic imine (C=N–C) groups is 1. The van der Waals surface area contributed by atoms with Gasteiger partial charge in [0.15, 0.2) is 5.76 Å². The number of furan rings is 1. The van der Waals surface area contributed by atoms with Crippen LogP contribution in [0.2, 0.25) is 0 Å². The van der Waals surface area contributed by atoms with Gasteiger partial charge in [-0.2, -0.15) is 0 Å². The molecule has 0 atom stereocenters. The Morgan fingerprint density at radius 1 is 1.23 bits per heavy atom. The van der Waals surface area contributed by atoms with E-state index in [9.17, 15) is 9.90 Å². The van der Waals surface area contributed by atoms with Crippen molar-refractivity contribution in [1.82, 2.24) is 5.32 Å². The molecule has 0 unspecified atom stereocenters. The number of nitrogens with zero attached hydrogens (tertiary/aromatic N) is 1. The molecule has 2 N–H and O–H groups in total. The van der Waals surface area contributed by atoms with Gasteiger partial charge in [0.05, 0.1) is 23.4 Å². The van der Waals surface area contributed by atoms with E-state index in [2.05, 4.69) is 10.3 Å². The van der Waals surface area contributed by atoms with Crippen molar-refractivity contribution in [2.24, 2.45) is 4.99 Å². The highest BCUT2D eigenvalue weighted by Gasteiger charge is 2.29. The van der Waals surface area contributed by atoms with Gasteiger partial charge in [-0.25, -0.2) is 0 Å². The Morgan fingerprint density at radius 2 is 2.00 bits per heavy atom. The van der Waals surface area contributed by atoms with E-state index < -0.39 is 0 Å². The summed E-state index contributed by atoms with van der Waals surface area (Å²) in [6.07, 6.45) is 3.09. The van der Waals surface area contributed by atoms with Gasteiger partial charge in [0.1, 0.15) is 11.3 Å². The number of hydrogen-bond donors (Lipinski definition) is 2. The summed E-state index contributed by atoms with van der Waals surface area (Å²) in [5.41, 5.74) is 1.64. The molecule has 5 heteroatoms. The molecule has 2 aromatic rings. The maximum absolute atomic E-state index is 12.1. The van der Waals surface area contributed by atoms with Gasteiger partial charge in [0.2, 0.25) is 0 Å². The predicted octanol–water partition coefficient (Wildman–Crippen LogP) is 3.36. The molecular formula is C17H14N2O3. The van der Waals surface area contributed by atoms with E-state index in [1.165, 1.54) is 6.26 Å².